The van der Waals surface area contributed by atoms with Crippen LogP contribution in [0.3, 0.4) is 0 Å². The Balaban J connectivity index is 2.32. The monoisotopic (exact) mass is 273 g/mol. The number of phenols is 2. The second-order valence-corrected chi connectivity index (χ2v) is 4.04. The van der Waals surface area contributed by atoms with Gasteiger partial charge in [0.25, 0.3) is 5.91 Å². The second kappa shape index (κ2) is 5.31. The predicted octanol–water partition coefficient (Wildman–Crippen LogP) is 2.05. The molecule has 0 aliphatic heterocycles. The second-order valence-electron chi connectivity index (χ2n) is 4.04. The van der Waals surface area contributed by atoms with Gasteiger partial charge in [-0.3, -0.25) is 4.79 Å². The summed E-state index contributed by atoms with van der Waals surface area (Å²) in [5, 5.41) is 30.1. The van der Waals surface area contributed by atoms with E-state index in [0.29, 0.717) is 0 Å². The minimum Gasteiger partial charge on any atom is -0.508 e. The molecule has 4 N–H and O–H groups in total. The van der Waals surface area contributed by atoms with Crippen LogP contribution in [0, 0.1) is 0 Å². The molecule has 102 valence electrons. The van der Waals surface area contributed by atoms with Crippen LogP contribution < -0.4 is 5.32 Å². The number of benzene rings is 2. The molecule has 0 fully saturated rings. The molecule has 0 unspecified atom stereocenters. The zero-order chi connectivity index (χ0) is 14.7. The van der Waals surface area contributed by atoms with Gasteiger partial charge in [0, 0.05) is 11.6 Å². The average molecular weight is 273 g/mol. The molecule has 0 radical (unpaired) electrons. The molecule has 0 spiro atoms. The maximum Gasteiger partial charge on any atom is 0.337 e. The van der Waals surface area contributed by atoms with Crippen LogP contribution >= 0.6 is 0 Å². The van der Waals surface area contributed by atoms with Crippen molar-refractivity contribution in [3.8, 4) is 11.5 Å². The zero-order valence-corrected chi connectivity index (χ0v) is 10.2. The summed E-state index contributed by atoms with van der Waals surface area (Å²) in [4.78, 5) is 23.0. The van der Waals surface area contributed by atoms with Crippen LogP contribution in [0.4, 0.5) is 5.69 Å². The molecule has 0 atom stereocenters. The molecule has 0 aliphatic rings. The van der Waals surface area contributed by atoms with Gasteiger partial charge < -0.3 is 20.6 Å². The Kier molecular flexibility index (Phi) is 3.56. The van der Waals surface area contributed by atoms with Crippen molar-refractivity contribution in [1.82, 2.24) is 0 Å². The number of hydrogen-bond donors (Lipinski definition) is 4. The molecule has 0 bridgehead atoms. The van der Waals surface area contributed by atoms with Crippen molar-refractivity contribution in [1.29, 1.82) is 0 Å². The van der Waals surface area contributed by atoms with Crippen molar-refractivity contribution in [3.63, 3.8) is 0 Å². The third-order valence-electron chi connectivity index (χ3n) is 2.59. The lowest BCUT2D eigenvalue weighted by Gasteiger charge is -2.09. The van der Waals surface area contributed by atoms with Gasteiger partial charge in [0.1, 0.15) is 11.5 Å². The molecule has 0 saturated heterocycles. The van der Waals surface area contributed by atoms with Gasteiger partial charge in [0.2, 0.25) is 0 Å². The number of carbonyl (C=O) groups is 2. The summed E-state index contributed by atoms with van der Waals surface area (Å²) < 4.78 is 0. The molecule has 6 heteroatoms. The number of carboxylic acid groups (broad SMARTS) is 1. The molecule has 20 heavy (non-hydrogen) atoms. The molecule has 0 saturated carbocycles. The van der Waals surface area contributed by atoms with Crippen LogP contribution in [-0.2, 0) is 0 Å². The van der Waals surface area contributed by atoms with E-state index in [4.69, 9.17) is 5.11 Å². The summed E-state index contributed by atoms with van der Waals surface area (Å²) >= 11 is 0. The molecule has 0 heterocycles. The minimum absolute atomic E-state index is 0.0224. The fourth-order valence-corrected chi connectivity index (χ4v) is 1.66. The Morgan fingerprint density at radius 2 is 1.65 bits per heavy atom. The van der Waals surface area contributed by atoms with Crippen molar-refractivity contribution < 1.29 is 24.9 Å². The number of aromatic carboxylic acids is 1. The van der Waals surface area contributed by atoms with Gasteiger partial charge in [-0.25, -0.2) is 4.79 Å². The number of carbonyl (C=O) groups excluding carboxylic acids is 1. The highest BCUT2D eigenvalue weighted by Gasteiger charge is 2.14. The maximum atomic E-state index is 12.0. The maximum absolute atomic E-state index is 12.0. The minimum atomic E-state index is -1.23. The molecular weight excluding hydrogens is 262 g/mol. The Morgan fingerprint density at radius 3 is 2.30 bits per heavy atom. The number of carboxylic acids is 1. The number of rotatable bonds is 3. The van der Waals surface area contributed by atoms with E-state index >= 15 is 0 Å². The fourth-order valence-electron chi connectivity index (χ4n) is 1.66. The lowest BCUT2D eigenvalue weighted by Crippen LogP contribution is -2.14. The van der Waals surface area contributed by atoms with Crippen LogP contribution in [0.25, 0.3) is 0 Å². The van der Waals surface area contributed by atoms with E-state index in [2.05, 4.69) is 5.32 Å². The average Bonchev–Trinajstić information content (AvgIpc) is 2.38. The Hall–Kier alpha value is -3.02. The first-order valence-electron chi connectivity index (χ1n) is 5.64. The zero-order valence-electron chi connectivity index (χ0n) is 10.2. The van der Waals surface area contributed by atoms with Crippen molar-refractivity contribution in [2.45, 2.75) is 0 Å². The van der Waals surface area contributed by atoms with Gasteiger partial charge in [-0.1, -0.05) is 6.07 Å². The highest BCUT2D eigenvalue weighted by Crippen LogP contribution is 2.23. The fraction of sp³-hybridized carbons (Fsp3) is 0. The van der Waals surface area contributed by atoms with Crippen molar-refractivity contribution in [3.05, 3.63) is 53.6 Å². The summed E-state index contributed by atoms with van der Waals surface area (Å²) in [5.74, 6) is -2.06. The first-order valence-corrected chi connectivity index (χ1v) is 5.64. The largest absolute Gasteiger partial charge is 0.508 e. The van der Waals surface area contributed by atoms with Crippen molar-refractivity contribution in [2.24, 2.45) is 0 Å². The third kappa shape index (κ3) is 2.86. The summed E-state index contributed by atoms with van der Waals surface area (Å²) in [6.07, 6.45) is 0. The van der Waals surface area contributed by atoms with E-state index in [9.17, 15) is 19.8 Å². The highest BCUT2D eigenvalue weighted by molar-refractivity contribution is 6.08. The number of nitrogens with one attached hydrogen (secondary N) is 1. The molecule has 0 aromatic heterocycles. The molecule has 2 aromatic rings. The van der Waals surface area contributed by atoms with Gasteiger partial charge in [-0.15, -0.1) is 0 Å². The van der Waals surface area contributed by atoms with Crippen LogP contribution in [0.15, 0.2) is 42.5 Å². The number of aromatic hydroxyl groups is 2. The van der Waals surface area contributed by atoms with E-state index in [1.807, 2.05) is 0 Å². The predicted molar refractivity (Wildman–Crippen MR) is 71.1 cm³/mol. The van der Waals surface area contributed by atoms with E-state index < -0.39 is 11.9 Å². The quantitative estimate of drug-likeness (QED) is 0.684. The first-order chi connectivity index (χ1) is 9.47. The normalized spacial score (nSPS) is 10.0. The summed E-state index contributed by atoms with van der Waals surface area (Å²) in [7, 11) is 0. The number of hydrogen-bond acceptors (Lipinski definition) is 4. The van der Waals surface area contributed by atoms with Gasteiger partial charge in [0.15, 0.2) is 0 Å². The Morgan fingerprint density at radius 1 is 0.950 bits per heavy atom. The van der Waals surface area contributed by atoms with E-state index in [1.165, 1.54) is 36.4 Å². The smallest absolute Gasteiger partial charge is 0.337 e. The van der Waals surface area contributed by atoms with Crippen molar-refractivity contribution in [2.75, 3.05) is 5.32 Å². The lowest BCUT2D eigenvalue weighted by molar-refractivity contribution is 0.0698. The SMILES string of the molecule is O=C(Nc1cc(O)ccc1C(=O)O)c1cccc(O)c1. The van der Waals surface area contributed by atoms with Crippen LogP contribution in [0.1, 0.15) is 20.7 Å². The molecule has 1 amide bonds. The summed E-state index contributed by atoms with van der Waals surface area (Å²) in [5.41, 5.74) is 0.00632. The Bertz CT molecular complexity index is 681. The molecule has 0 aliphatic carbocycles. The number of phenolic OH excluding ortho intramolecular Hbond substituents is 2. The lowest BCUT2D eigenvalue weighted by atomic mass is 10.1. The summed E-state index contributed by atoms with van der Waals surface area (Å²) in [6, 6.07) is 9.17. The standard InChI is InChI=1S/C14H11NO5/c16-9-3-1-2-8(6-9)13(18)15-12-7-10(17)4-5-11(12)14(19)20/h1-7,16-17H,(H,15,18)(H,19,20). The topological polar surface area (TPSA) is 107 Å². The first kappa shape index (κ1) is 13.4. The van der Waals surface area contributed by atoms with Gasteiger partial charge >= 0.3 is 5.97 Å². The molecular formula is C14H11NO5. The highest BCUT2D eigenvalue weighted by atomic mass is 16.4. The van der Waals surface area contributed by atoms with Gasteiger partial charge in [-0.05, 0) is 30.3 Å². The molecule has 6 nitrogen and oxygen atoms in total. The van der Waals surface area contributed by atoms with Crippen LogP contribution in [0.2, 0.25) is 0 Å². The van der Waals surface area contributed by atoms with E-state index in [1.54, 1.807) is 0 Å². The number of anilines is 1. The molecule has 2 aromatic carbocycles. The van der Waals surface area contributed by atoms with Crippen LogP contribution in [0.5, 0.6) is 11.5 Å². The summed E-state index contributed by atoms with van der Waals surface area (Å²) in [6.45, 7) is 0. The third-order valence-corrected chi connectivity index (χ3v) is 2.59. The van der Waals surface area contributed by atoms with Crippen molar-refractivity contribution >= 4 is 17.6 Å². The Labute approximate surface area is 113 Å². The molecule has 2 rings (SSSR count). The van der Waals surface area contributed by atoms with Gasteiger partial charge in [-0.2, -0.15) is 0 Å². The number of amides is 1. The van der Waals surface area contributed by atoms with E-state index in [-0.39, 0.29) is 28.3 Å². The van der Waals surface area contributed by atoms with Crippen LogP contribution in [-0.4, -0.2) is 27.2 Å². The van der Waals surface area contributed by atoms with Gasteiger partial charge in [0.05, 0.1) is 11.3 Å². The van der Waals surface area contributed by atoms with E-state index in [0.717, 1.165) is 6.07 Å².